The molecular weight excluding hydrogens is 290 g/mol. The molecule has 1 aromatic rings. The Hall–Kier alpha value is -1.39. The number of primary amides is 1. The predicted molar refractivity (Wildman–Crippen MR) is 73.3 cm³/mol. The lowest BCUT2D eigenvalue weighted by Gasteiger charge is -2.06. The number of urea groups is 1. The topological polar surface area (TPSA) is 119 Å². The number of imide groups is 1. The molecule has 0 bridgehead atoms. The minimum absolute atomic E-state index is 0.457. The average Bonchev–Trinajstić information content (AvgIpc) is 2.76. The molecule has 0 aromatic carbocycles. The second kappa shape index (κ2) is 7.92. The van der Waals surface area contributed by atoms with Gasteiger partial charge in [-0.3, -0.25) is 10.1 Å². The summed E-state index contributed by atoms with van der Waals surface area (Å²) in [7, 11) is 1.61. The van der Waals surface area contributed by atoms with E-state index in [9.17, 15) is 9.59 Å². The highest BCUT2D eigenvalue weighted by Gasteiger charge is 2.18. The van der Waals surface area contributed by atoms with Crippen LogP contribution in [0.25, 0.3) is 0 Å². The Morgan fingerprint density at radius 1 is 1.53 bits per heavy atom. The number of carbonyl (C=O) groups excluding carboxylic acids is 2. The lowest BCUT2D eigenvalue weighted by Crippen LogP contribution is -2.39. The van der Waals surface area contributed by atoms with Crippen LogP contribution in [0.3, 0.4) is 0 Å². The van der Waals surface area contributed by atoms with E-state index in [2.05, 4.69) is 15.5 Å². The van der Waals surface area contributed by atoms with Crippen LogP contribution in [-0.4, -0.2) is 47.6 Å². The summed E-state index contributed by atoms with van der Waals surface area (Å²) in [6, 6.07) is -0.864. The third-order valence-electron chi connectivity index (χ3n) is 1.88. The summed E-state index contributed by atoms with van der Waals surface area (Å²) >= 11 is 2.53. The minimum atomic E-state index is -0.864. The molecule has 1 rings (SSSR count). The molecule has 3 amide bonds. The van der Waals surface area contributed by atoms with Gasteiger partial charge in [-0.05, 0) is 6.92 Å². The van der Waals surface area contributed by atoms with Gasteiger partial charge in [0, 0.05) is 13.7 Å². The number of carbonyl (C=O) groups is 2. The fourth-order valence-electron chi connectivity index (χ4n) is 1.02. The monoisotopic (exact) mass is 305 g/mol. The Labute approximate surface area is 118 Å². The van der Waals surface area contributed by atoms with Gasteiger partial charge in [-0.2, -0.15) is 0 Å². The maximum atomic E-state index is 11.5. The van der Waals surface area contributed by atoms with Crippen molar-refractivity contribution >= 4 is 40.2 Å². The predicted octanol–water partition coefficient (Wildman–Crippen LogP) is 0.272. The third kappa shape index (κ3) is 5.85. The second-order valence-electron chi connectivity index (χ2n) is 3.41. The fourth-order valence-corrected chi connectivity index (χ4v) is 2.94. The van der Waals surface area contributed by atoms with Crippen LogP contribution in [0.2, 0.25) is 0 Å². The summed E-state index contributed by atoms with van der Waals surface area (Å²) < 4.78 is 5.53. The molecule has 8 nitrogen and oxygen atoms in total. The average molecular weight is 305 g/mol. The summed E-state index contributed by atoms with van der Waals surface area (Å²) in [4.78, 5) is 22.0. The molecule has 19 heavy (non-hydrogen) atoms. The van der Waals surface area contributed by atoms with Crippen molar-refractivity contribution in [2.45, 2.75) is 16.5 Å². The molecular formula is C9H15N5O3S2. The summed E-state index contributed by atoms with van der Waals surface area (Å²) in [5, 5.41) is 13.1. The van der Waals surface area contributed by atoms with Gasteiger partial charge in [0.1, 0.15) is 0 Å². The number of methoxy groups -OCH3 is 1. The molecule has 0 spiro atoms. The molecule has 0 aliphatic heterocycles. The number of nitrogens with zero attached hydrogens (tertiary/aromatic N) is 2. The zero-order chi connectivity index (χ0) is 14.3. The lowest BCUT2D eigenvalue weighted by atomic mass is 10.4. The van der Waals surface area contributed by atoms with Gasteiger partial charge in [-0.25, -0.2) is 4.79 Å². The van der Waals surface area contributed by atoms with E-state index in [1.165, 1.54) is 23.1 Å². The van der Waals surface area contributed by atoms with E-state index >= 15 is 0 Å². The first-order valence-corrected chi connectivity index (χ1v) is 7.05. The Bertz CT molecular complexity index is 439. The molecule has 0 saturated carbocycles. The third-order valence-corrected chi connectivity index (χ3v) is 3.95. The maximum absolute atomic E-state index is 11.5. The van der Waals surface area contributed by atoms with Crippen molar-refractivity contribution in [3.8, 4) is 0 Å². The first-order valence-electron chi connectivity index (χ1n) is 5.36. The summed E-state index contributed by atoms with van der Waals surface area (Å²) in [5.41, 5.74) is 4.87. The van der Waals surface area contributed by atoms with Crippen LogP contribution >= 0.6 is 23.1 Å². The Morgan fingerprint density at radius 2 is 2.26 bits per heavy atom. The van der Waals surface area contributed by atoms with Crippen LogP contribution in [0.5, 0.6) is 0 Å². The highest BCUT2D eigenvalue weighted by molar-refractivity contribution is 8.02. The maximum Gasteiger partial charge on any atom is 0.318 e. The number of aromatic nitrogens is 2. The largest absolute Gasteiger partial charge is 0.383 e. The van der Waals surface area contributed by atoms with E-state index in [-0.39, 0.29) is 0 Å². The van der Waals surface area contributed by atoms with Crippen LogP contribution in [0.1, 0.15) is 6.92 Å². The van der Waals surface area contributed by atoms with Crippen molar-refractivity contribution in [3.05, 3.63) is 0 Å². The standard InChI is InChI=1S/C9H15N5O3S2/c1-5(6(15)12-7(10)16)18-9-14-13-8(19-9)11-3-4-17-2/h5H,3-4H2,1-2H3,(H,11,13)(H3,10,12,15,16)/t5-/m1/s1. The quantitative estimate of drug-likeness (QED) is 0.488. The molecule has 1 heterocycles. The molecule has 0 aliphatic rings. The van der Waals surface area contributed by atoms with E-state index in [0.29, 0.717) is 22.6 Å². The van der Waals surface area contributed by atoms with Gasteiger partial charge in [0.2, 0.25) is 11.0 Å². The van der Waals surface area contributed by atoms with Gasteiger partial charge in [0.15, 0.2) is 4.34 Å². The van der Waals surface area contributed by atoms with Gasteiger partial charge in [-0.1, -0.05) is 23.1 Å². The normalized spacial score (nSPS) is 11.9. The van der Waals surface area contributed by atoms with Gasteiger partial charge in [-0.15, -0.1) is 10.2 Å². The number of thioether (sulfide) groups is 1. The van der Waals surface area contributed by atoms with Crippen LogP contribution in [-0.2, 0) is 9.53 Å². The molecule has 0 aliphatic carbocycles. The minimum Gasteiger partial charge on any atom is -0.383 e. The highest BCUT2D eigenvalue weighted by atomic mass is 32.2. The number of amides is 3. The smallest absolute Gasteiger partial charge is 0.318 e. The van der Waals surface area contributed by atoms with Gasteiger partial charge in [0.25, 0.3) is 0 Å². The molecule has 0 fully saturated rings. The van der Waals surface area contributed by atoms with Crippen LogP contribution < -0.4 is 16.4 Å². The summed E-state index contributed by atoms with van der Waals surface area (Å²) in [6.07, 6.45) is 0. The molecule has 1 atom stereocenters. The van der Waals surface area contributed by atoms with E-state index < -0.39 is 17.2 Å². The van der Waals surface area contributed by atoms with Gasteiger partial charge in [0.05, 0.1) is 11.9 Å². The van der Waals surface area contributed by atoms with Gasteiger partial charge >= 0.3 is 6.03 Å². The highest BCUT2D eigenvalue weighted by Crippen LogP contribution is 2.28. The van der Waals surface area contributed by atoms with Crippen molar-refractivity contribution in [2.75, 3.05) is 25.6 Å². The van der Waals surface area contributed by atoms with Gasteiger partial charge < -0.3 is 15.8 Å². The van der Waals surface area contributed by atoms with E-state index in [1.807, 2.05) is 5.32 Å². The Balaban J connectivity index is 2.44. The van der Waals surface area contributed by atoms with Crippen LogP contribution in [0, 0.1) is 0 Å². The Morgan fingerprint density at radius 3 is 2.89 bits per heavy atom. The number of hydrogen-bond donors (Lipinski definition) is 3. The SMILES string of the molecule is COCCNc1nnc(S[C@H](C)C(=O)NC(N)=O)s1. The molecule has 10 heteroatoms. The Kier molecular flexibility index (Phi) is 6.53. The molecule has 0 saturated heterocycles. The molecule has 106 valence electrons. The number of nitrogens with one attached hydrogen (secondary N) is 2. The summed E-state index contributed by atoms with van der Waals surface area (Å²) in [6.45, 7) is 2.86. The van der Waals surface area contributed by atoms with Crippen molar-refractivity contribution in [1.29, 1.82) is 0 Å². The molecule has 1 aromatic heterocycles. The molecule has 0 radical (unpaired) electrons. The van der Waals surface area contributed by atoms with E-state index in [0.717, 1.165) is 0 Å². The molecule has 4 N–H and O–H groups in total. The van der Waals surface area contributed by atoms with Crippen molar-refractivity contribution in [3.63, 3.8) is 0 Å². The van der Waals surface area contributed by atoms with Crippen LogP contribution in [0.15, 0.2) is 4.34 Å². The summed E-state index contributed by atoms with van der Waals surface area (Å²) in [5.74, 6) is -0.457. The van der Waals surface area contributed by atoms with E-state index in [4.69, 9.17) is 10.5 Å². The van der Waals surface area contributed by atoms with E-state index in [1.54, 1.807) is 14.0 Å². The number of hydrogen-bond acceptors (Lipinski definition) is 8. The first-order chi connectivity index (χ1) is 9.02. The zero-order valence-electron chi connectivity index (χ0n) is 10.5. The number of rotatable bonds is 7. The number of anilines is 1. The van der Waals surface area contributed by atoms with Crippen molar-refractivity contribution in [2.24, 2.45) is 5.73 Å². The second-order valence-corrected chi connectivity index (χ2v) is 5.97. The zero-order valence-corrected chi connectivity index (χ0v) is 12.1. The fraction of sp³-hybridized carbons (Fsp3) is 0.556. The number of nitrogens with two attached hydrogens (primary N) is 1. The van der Waals surface area contributed by atoms with Crippen molar-refractivity contribution < 1.29 is 14.3 Å². The lowest BCUT2D eigenvalue weighted by molar-refractivity contribution is -0.119. The number of ether oxygens (including phenoxy) is 1. The molecule has 0 unspecified atom stereocenters. The first kappa shape index (κ1) is 15.7. The van der Waals surface area contributed by atoms with Crippen LogP contribution in [0.4, 0.5) is 9.93 Å². The van der Waals surface area contributed by atoms with Crippen molar-refractivity contribution in [1.82, 2.24) is 15.5 Å².